The van der Waals surface area contributed by atoms with E-state index in [1.54, 1.807) is 12.1 Å². The van der Waals surface area contributed by atoms with E-state index in [-0.39, 0.29) is 30.0 Å². The van der Waals surface area contributed by atoms with E-state index in [9.17, 15) is 24.6 Å². The van der Waals surface area contributed by atoms with Crippen LogP contribution in [0.3, 0.4) is 0 Å². The van der Waals surface area contributed by atoms with E-state index >= 15 is 0 Å². The molecule has 0 spiro atoms. The maximum Gasteiger partial charge on any atom is 0.325 e. The first kappa shape index (κ1) is 27.0. The Hall–Kier alpha value is -4.23. The molecule has 0 bridgehead atoms. The van der Waals surface area contributed by atoms with E-state index in [0.29, 0.717) is 5.56 Å². The van der Waals surface area contributed by atoms with Crippen molar-refractivity contribution in [3.63, 3.8) is 0 Å². The molecule has 7 heteroatoms. The number of aliphatic carboxylic acids is 1. The second kappa shape index (κ2) is 11.0. The Kier molecular flexibility index (Phi) is 7.22. The van der Waals surface area contributed by atoms with Gasteiger partial charge in [-0.15, -0.1) is 0 Å². The molecule has 6 rings (SSSR count). The minimum Gasteiger partial charge on any atom is -0.508 e. The molecular formula is C34H34N2O5. The predicted octanol–water partition coefficient (Wildman–Crippen LogP) is 5.21. The van der Waals surface area contributed by atoms with E-state index in [1.807, 2.05) is 66.7 Å². The molecule has 0 radical (unpaired) electrons. The average Bonchev–Trinajstić information content (AvgIpc) is 3.48. The number of nitrogens with one attached hydrogen (secondary N) is 1. The molecule has 2 amide bonds. The topological polar surface area (TPSA) is 107 Å². The van der Waals surface area contributed by atoms with Gasteiger partial charge in [-0.3, -0.25) is 24.6 Å². The lowest BCUT2D eigenvalue weighted by Gasteiger charge is -2.34. The molecule has 2 heterocycles. The molecular weight excluding hydrogens is 516 g/mol. The van der Waals surface area contributed by atoms with Gasteiger partial charge in [0.05, 0.1) is 11.8 Å². The third-order valence-electron chi connectivity index (χ3n) is 8.99. The highest BCUT2D eigenvalue weighted by Crippen LogP contribution is 2.51. The third-order valence-corrected chi connectivity index (χ3v) is 8.99. The normalized spacial score (nSPS) is 26.5. The number of carbonyl (C=O) groups excluding carboxylic acids is 2. The van der Waals surface area contributed by atoms with Crippen LogP contribution in [0.5, 0.6) is 5.75 Å². The number of phenolic OH excluding ortho intramolecular Hbond substituents is 1. The summed E-state index contributed by atoms with van der Waals surface area (Å²) in [5.41, 5.74) is 1.81. The molecule has 2 saturated heterocycles. The number of carboxylic acid groups (broad SMARTS) is 1. The molecule has 0 aromatic heterocycles. The molecule has 7 nitrogen and oxygen atoms in total. The lowest BCUT2D eigenvalue weighted by Crippen LogP contribution is -2.58. The second-order valence-corrected chi connectivity index (χ2v) is 11.5. The number of nitrogens with zero attached hydrogens (tertiary/aromatic N) is 1. The molecule has 210 valence electrons. The summed E-state index contributed by atoms with van der Waals surface area (Å²) in [6, 6.07) is 23.2. The van der Waals surface area contributed by atoms with Crippen molar-refractivity contribution < 1.29 is 24.6 Å². The summed E-state index contributed by atoms with van der Waals surface area (Å²) in [5, 5.41) is 23.8. The van der Waals surface area contributed by atoms with E-state index in [4.69, 9.17) is 0 Å². The monoisotopic (exact) mass is 550 g/mol. The number of likely N-dealkylation sites (tertiary alicyclic amines) is 1. The zero-order chi connectivity index (χ0) is 28.6. The van der Waals surface area contributed by atoms with Crippen molar-refractivity contribution in [3.8, 4) is 5.75 Å². The van der Waals surface area contributed by atoms with Crippen LogP contribution in [0.15, 0.2) is 78.9 Å². The quantitative estimate of drug-likeness (QED) is 0.276. The van der Waals surface area contributed by atoms with E-state index < -0.39 is 29.4 Å². The first-order valence-electron chi connectivity index (χ1n) is 14.4. The van der Waals surface area contributed by atoms with Gasteiger partial charge >= 0.3 is 5.97 Å². The summed E-state index contributed by atoms with van der Waals surface area (Å²) in [6.07, 6.45) is 8.54. The first-order valence-corrected chi connectivity index (χ1v) is 14.4. The number of benzene rings is 3. The van der Waals surface area contributed by atoms with Crippen LogP contribution >= 0.6 is 0 Å². The predicted molar refractivity (Wildman–Crippen MR) is 156 cm³/mol. The van der Waals surface area contributed by atoms with Crippen LogP contribution in [-0.2, 0) is 20.8 Å². The molecule has 3 aromatic rings. The number of rotatable bonds is 7. The number of imide groups is 1. The molecule has 1 aliphatic carbocycles. The number of hydrogen-bond donors (Lipinski definition) is 3. The number of aromatic hydroxyl groups is 1. The number of amides is 2. The number of carbonyl (C=O) groups is 3. The minimum absolute atomic E-state index is 0.00963. The minimum atomic E-state index is -1.67. The van der Waals surface area contributed by atoms with Gasteiger partial charge in [0.15, 0.2) is 0 Å². The van der Waals surface area contributed by atoms with Gasteiger partial charge in [0, 0.05) is 18.5 Å². The standard InChI is InChI=1S/C34H34N2O5/c37-27-19-15-24(16-20-27)21-34(33(40)41)29-28(31(38)36(32(29)39)26-9-5-2-6-10-26)30(35-34)25-17-13-23(14-18-25)12-11-22-7-3-1-4-8-22/h1,3-4,7-8,11-20,26,28-30,35,37H,2,5-6,9-10,21H2,(H,40,41)/b12-11+. The van der Waals surface area contributed by atoms with Gasteiger partial charge in [0.25, 0.3) is 0 Å². The van der Waals surface area contributed by atoms with Gasteiger partial charge in [-0.1, -0.05) is 98.1 Å². The highest BCUT2D eigenvalue weighted by molar-refractivity contribution is 6.09. The van der Waals surface area contributed by atoms with Crippen molar-refractivity contribution in [1.29, 1.82) is 0 Å². The molecule has 2 aliphatic heterocycles. The highest BCUT2D eigenvalue weighted by Gasteiger charge is 2.69. The van der Waals surface area contributed by atoms with Crippen molar-refractivity contribution >= 4 is 29.9 Å². The average molecular weight is 551 g/mol. The number of phenols is 1. The fourth-order valence-electron chi connectivity index (χ4n) is 6.95. The van der Waals surface area contributed by atoms with Gasteiger partial charge in [0.2, 0.25) is 11.8 Å². The highest BCUT2D eigenvalue weighted by atomic mass is 16.4. The Balaban J connectivity index is 1.37. The van der Waals surface area contributed by atoms with Crippen molar-refractivity contribution in [3.05, 3.63) is 101 Å². The van der Waals surface area contributed by atoms with Crippen LogP contribution in [0.4, 0.5) is 0 Å². The van der Waals surface area contributed by atoms with E-state index in [1.165, 1.54) is 17.0 Å². The summed E-state index contributed by atoms with van der Waals surface area (Å²) in [5.74, 6) is -3.59. The molecule has 3 N–H and O–H groups in total. The van der Waals surface area contributed by atoms with Crippen molar-refractivity contribution in [2.24, 2.45) is 11.8 Å². The van der Waals surface area contributed by atoms with Crippen LogP contribution in [0.1, 0.15) is 60.4 Å². The summed E-state index contributed by atoms with van der Waals surface area (Å²) in [7, 11) is 0. The zero-order valence-corrected chi connectivity index (χ0v) is 22.8. The van der Waals surface area contributed by atoms with Gasteiger partial charge in [-0.2, -0.15) is 0 Å². The molecule has 4 atom stereocenters. The van der Waals surface area contributed by atoms with Crippen LogP contribution in [0.25, 0.3) is 12.2 Å². The number of carboxylic acids is 1. The smallest absolute Gasteiger partial charge is 0.325 e. The maximum absolute atomic E-state index is 14.1. The molecule has 1 saturated carbocycles. The van der Waals surface area contributed by atoms with E-state index in [0.717, 1.165) is 48.8 Å². The maximum atomic E-state index is 14.1. The molecule has 4 unspecified atom stereocenters. The Morgan fingerprint density at radius 1 is 0.854 bits per heavy atom. The van der Waals surface area contributed by atoms with Crippen LogP contribution in [-0.4, -0.2) is 44.5 Å². The third kappa shape index (κ3) is 4.95. The largest absolute Gasteiger partial charge is 0.508 e. The van der Waals surface area contributed by atoms with Gasteiger partial charge < -0.3 is 10.2 Å². The van der Waals surface area contributed by atoms with Crippen LogP contribution < -0.4 is 5.32 Å². The van der Waals surface area contributed by atoms with Gasteiger partial charge in [-0.05, 0) is 47.2 Å². The lowest BCUT2D eigenvalue weighted by molar-refractivity contribution is -0.152. The zero-order valence-electron chi connectivity index (χ0n) is 22.8. The lowest BCUT2D eigenvalue weighted by atomic mass is 9.76. The number of hydrogen-bond acceptors (Lipinski definition) is 5. The van der Waals surface area contributed by atoms with Crippen molar-refractivity contribution in [2.45, 2.75) is 56.1 Å². The summed E-state index contributed by atoms with van der Waals surface area (Å²) in [4.78, 5) is 42.6. The molecule has 3 aromatic carbocycles. The SMILES string of the molecule is O=C1C2C(c3ccc(/C=C/c4ccccc4)cc3)NC(Cc3ccc(O)cc3)(C(=O)O)C2C(=O)N1C1CCCCC1. The number of fused-ring (bicyclic) bond motifs is 1. The Labute approximate surface area is 239 Å². The Morgan fingerprint density at radius 3 is 2.12 bits per heavy atom. The molecule has 3 aliphatic rings. The first-order chi connectivity index (χ1) is 19.9. The van der Waals surface area contributed by atoms with Crippen molar-refractivity contribution in [1.82, 2.24) is 10.2 Å². The summed E-state index contributed by atoms with van der Waals surface area (Å²) in [6.45, 7) is 0. The summed E-state index contributed by atoms with van der Waals surface area (Å²) < 4.78 is 0. The van der Waals surface area contributed by atoms with Gasteiger partial charge in [0.1, 0.15) is 11.3 Å². The second-order valence-electron chi connectivity index (χ2n) is 11.5. The van der Waals surface area contributed by atoms with Gasteiger partial charge in [-0.25, -0.2) is 0 Å². The Morgan fingerprint density at radius 2 is 1.49 bits per heavy atom. The fraction of sp³-hybridized carbons (Fsp3) is 0.324. The van der Waals surface area contributed by atoms with Crippen LogP contribution in [0.2, 0.25) is 0 Å². The van der Waals surface area contributed by atoms with E-state index in [2.05, 4.69) is 5.32 Å². The molecule has 41 heavy (non-hydrogen) atoms. The Bertz CT molecular complexity index is 1460. The summed E-state index contributed by atoms with van der Waals surface area (Å²) >= 11 is 0. The van der Waals surface area contributed by atoms with Crippen LogP contribution in [0, 0.1) is 11.8 Å². The fourth-order valence-corrected chi connectivity index (χ4v) is 6.95. The molecule has 3 fully saturated rings. The van der Waals surface area contributed by atoms with Crippen molar-refractivity contribution in [2.75, 3.05) is 0 Å².